The maximum Gasteiger partial charge on any atom is 0.178 e. The molecule has 0 saturated carbocycles. The van der Waals surface area contributed by atoms with Crippen molar-refractivity contribution < 1.29 is 9.59 Å². The van der Waals surface area contributed by atoms with Crippen LogP contribution in [-0.4, -0.2) is 40.7 Å². The van der Waals surface area contributed by atoms with Crippen LogP contribution < -0.4 is 0 Å². The molecule has 1 fully saturated rings. The largest absolute Gasteiger partial charge is 0.351 e. The van der Waals surface area contributed by atoms with Crippen LogP contribution in [0, 0.1) is 19.8 Å². The molecule has 1 aliphatic heterocycles. The molecule has 0 aromatic carbocycles. The molecular weight excluding hydrogens is 252 g/mol. The minimum Gasteiger partial charge on any atom is -0.351 e. The Hall–Kier alpha value is -1.42. The van der Waals surface area contributed by atoms with E-state index in [4.69, 9.17) is 0 Å². The number of ketones is 2. The third kappa shape index (κ3) is 2.85. The molecule has 0 radical (unpaired) electrons. The molecule has 1 aromatic heterocycles. The van der Waals surface area contributed by atoms with Crippen LogP contribution in [0.1, 0.15) is 41.5 Å². The fourth-order valence-electron chi connectivity index (χ4n) is 2.90. The summed E-state index contributed by atoms with van der Waals surface area (Å²) in [5.74, 6) is 0.619. The van der Waals surface area contributed by atoms with Gasteiger partial charge < -0.3 is 4.57 Å². The van der Waals surface area contributed by atoms with Gasteiger partial charge in [-0.05, 0) is 26.3 Å². The molecule has 1 saturated heterocycles. The Bertz CT molecular complexity index is 531. The monoisotopic (exact) mass is 276 g/mol. The van der Waals surface area contributed by atoms with E-state index in [9.17, 15) is 9.59 Å². The molecule has 0 N–H and O–H groups in total. The van der Waals surface area contributed by atoms with Gasteiger partial charge in [0.15, 0.2) is 5.78 Å². The molecule has 1 atom stereocenters. The Morgan fingerprint density at radius 1 is 1.40 bits per heavy atom. The second kappa shape index (κ2) is 5.92. The lowest BCUT2D eigenvalue weighted by atomic mass is 9.94. The van der Waals surface area contributed by atoms with Crippen molar-refractivity contribution in [2.45, 2.75) is 33.6 Å². The van der Waals surface area contributed by atoms with E-state index in [1.165, 1.54) is 0 Å². The molecule has 1 aliphatic rings. The van der Waals surface area contributed by atoms with E-state index in [1.54, 1.807) is 0 Å². The number of aromatic nitrogens is 1. The third-order valence-corrected chi connectivity index (χ3v) is 4.54. The molecule has 0 bridgehead atoms. The van der Waals surface area contributed by atoms with E-state index >= 15 is 0 Å². The quantitative estimate of drug-likeness (QED) is 0.791. The third-order valence-electron chi connectivity index (χ3n) is 4.54. The van der Waals surface area contributed by atoms with E-state index in [-0.39, 0.29) is 11.7 Å². The van der Waals surface area contributed by atoms with Gasteiger partial charge in [0.1, 0.15) is 5.78 Å². The molecule has 2 rings (SSSR count). The van der Waals surface area contributed by atoms with E-state index in [0.717, 1.165) is 29.9 Å². The van der Waals surface area contributed by atoms with Crippen molar-refractivity contribution in [3.05, 3.63) is 23.0 Å². The minimum absolute atomic E-state index is 0.107. The predicted molar refractivity (Wildman–Crippen MR) is 79.1 cm³/mol. The number of rotatable bonds is 4. The first-order valence-corrected chi connectivity index (χ1v) is 7.35. The van der Waals surface area contributed by atoms with Crippen LogP contribution in [0.5, 0.6) is 0 Å². The van der Waals surface area contributed by atoms with E-state index in [0.29, 0.717) is 25.3 Å². The highest BCUT2D eigenvalue weighted by molar-refractivity contribution is 5.99. The van der Waals surface area contributed by atoms with Crippen molar-refractivity contribution >= 4 is 11.6 Å². The Labute approximate surface area is 120 Å². The average molecular weight is 276 g/mol. The topological polar surface area (TPSA) is 42.3 Å². The SMILES string of the molecule is CCC1CN(CC(=O)c2cc(C)n(C)c2C)CCC1=O. The van der Waals surface area contributed by atoms with Gasteiger partial charge in [0.05, 0.1) is 6.54 Å². The van der Waals surface area contributed by atoms with Crippen LogP contribution in [0.2, 0.25) is 0 Å². The summed E-state index contributed by atoms with van der Waals surface area (Å²) in [6.45, 7) is 7.90. The first-order chi connectivity index (χ1) is 9.43. The number of nitrogens with zero attached hydrogens (tertiary/aromatic N) is 2. The van der Waals surface area contributed by atoms with Gasteiger partial charge in [-0.2, -0.15) is 0 Å². The first-order valence-electron chi connectivity index (χ1n) is 7.35. The number of hydrogen-bond donors (Lipinski definition) is 0. The zero-order valence-corrected chi connectivity index (χ0v) is 12.9. The van der Waals surface area contributed by atoms with Crippen molar-refractivity contribution in [2.24, 2.45) is 13.0 Å². The van der Waals surface area contributed by atoms with Crippen LogP contribution in [0.4, 0.5) is 0 Å². The van der Waals surface area contributed by atoms with Crippen molar-refractivity contribution in [3.63, 3.8) is 0 Å². The second-order valence-electron chi connectivity index (χ2n) is 5.82. The fourth-order valence-corrected chi connectivity index (χ4v) is 2.90. The number of carbonyl (C=O) groups excluding carboxylic acids is 2. The molecule has 4 heteroatoms. The van der Waals surface area contributed by atoms with Gasteiger partial charge in [-0.25, -0.2) is 0 Å². The van der Waals surface area contributed by atoms with Crippen LogP contribution in [0.3, 0.4) is 0 Å². The van der Waals surface area contributed by atoms with Gasteiger partial charge in [-0.1, -0.05) is 6.92 Å². The zero-order chi connectivity index (χ0) is 14.9. The highest BCUT2D eigenvalue weighted by atomic mass is 16.1. The number of carbonyl (C=O) groups is 2. The summed E-state index contributed by atoms with van der Waals surface area (Å²) >= 11 is 0. The summed E-state index contributed by atoms with van der Waals surface area (Å²) < 4.78 is 2.04. The highest BCUT2D eigenvalue weighted by Crippen LogP contribution is 2.18. The van der Waals surface area contributed by atoms with Crippen molar-refractivity contribution in [3.8, 4) is 0 Å². The van der Waals surface area contributed by atoms with E-state index in [1.807, 2.05) is 38.5 Å². The molecular formula is C16H24N2O2. The zero-order valence-electron chi connectivity index (χ0n) is 12.9. The van der Waals surface area contributed by atoms with Gasteiger partial charge in [0.25, 0.3) is 0 Å². The van der Waals surface area contributed by atoms with Gasteiger partial charge >= 0.3 is 0 Å². The summed E-state index contributed by atoms with van der Waals surface area (Å²) in [6, 6.07) is 1.96. The smallest absolute Gasteiger partial charge is 0.178 e. The summed E-state index contributed by atoms with van der Waals surface area (Å²) in [6.07, 6.45) is 1.45. The highest BCUT2D eigenvalue weighted by Gasteiger charge is 2.27. The molecule has 1 aromatic rings. The predicted octanol–water partition coefficient (Wildman–Crippen LogP) is 2.13. The molecule has 110 valence electrons. The van der Waals surface area contributed by atoms with Crippen molar-refractivity contribution in [2.75, 3.05) is 19.6 Å². The molecule has 0 spiro atoms. The molecule has 1 unspecified atom stereocenters. The standard InChI is InChI=1S/C16H24N2O2/c1-5-13-9-18(7-6-15(13)19)10-16(20)14-8-11(2)17(4)12(14)3/h8,13H,5-7,9-10H2,1-4H3. The van der Waals surface area contributed by atoms with Gasteiger partial charge in [-0.15, -0.1) is 0 Å². The number of aryl methyl sites for hydroxylation is 1. The molecule has 0 aliphatic carbocycles. The lowest BCUT2D eigenvalue weighted by Gasteiger charge is -2.30. The molecule has 4 nitrogen and oxygen atoms in total. The number of piperidine rings is 1. The van der Waals surface area contributed by atoms with Crippen molar-refractivity contribution in [1.29, 1.82) is 0 Å². The van der Waals surface area contributed by atoms with Crippen molar-refractivity contribution in [1.82, 2.24) is 9.47 Å². The van der Waals surface area contributed by atoms with Crippen LogP contribution in [0.25, 0.3) is 0 Å². The number of likely N-dealkylation sites (tertiary alicyclic amines) is 1. The maximum atomic E-state index is 12.4. The normalized spacial score (nSPS) is 20.4. The van der Waals surface area contributed by atoms with Crippen LogP contribution >= 0.6 is 0 Å². The van der Waals surface area contributed by atoms with Gasteiger partial charge in [-0.3, -0.25) is 14.5 Å². The van der Waals surface area contributed by atoms with E-state index < -0.39 is 0 Å². The second-order valence-corrected chi connectivity index (χ2v) is 5.82. The van der Waals surface area contributed by atoms with Gasteiger partial charge in [0.2, 0.25) is 0 Å². The Morgan fingerprint density at radius 2 is 2.10 bits per heavy atom. The summed E-state index contributed by atoms with van der Waals surface area (Å²) in [5.41, 5.74) is 2.94. The number of hydrogen-bond acceptors (Lipinski definition) is 3. The number of Topliss-reactive ketones (excluding diaryl/α,β-unsaturated/α-hetero) is 2. The van der Waals surface area contributed by atoms with Crippen LogP contribution in [-0.2, 0) is 11.8 Å². The summed E-state index contributed by atoms with van der Waals surface area (Å²) in [4.78, 5) is 26.3. The molecule has 0 amide bonds. The maximum absolute atomic E-state index is 12.4. The summed E-state index contributed by atoms with van der Waals surface area (Å²) in [7, 11) is 1.98. The molecule has 2 heterocycles. The van der Waals surface area contributed by atoms with Crippen LogP contribution in [0.15, 0.2) is 6.07 Å². The Balaban J connectivity index is 2.04. The summed E-state index contributed by atoms with van der Waals surface area (Å²) in [5, 5.41) is 0. The Kier molecular flexibility index (Phi) is 4.43. The lowest BCUT2D eigenvalue weighted by molar-refractivity contribution is -0.126. The fraction of sp³-hybridized carbons (Fsp3) is 0.625. The minimum atomic E-state index is 0.107. The Morgan fingerprint density at radius 3 is 2.65 bits per heavy atom. The average Bonchev–Trinajstić information content (AvgIpc) is 2.68. The lowest BCUT2D eigenvalue weighted by Crippen LogP contribution is -2.43. The first kappa shape index (κ1) is 15.0. The van der Waals surface area contributed by atoms with Gasteiger partial charge in [0, 0.05) is 49.4 Å². The van der Waals surface area contributed by atoms with E-state index in [2.05, 4.69) is 4.90 Å². The molecule has 20 heavy (non-hydrogen) atoms.